The van der Waals surface area contributed by atoms with Crippen molar-refractivity contribution in [3.63, 3.8) is 0 Å². The molecule has 1 N–H and O–H groups in total. The summed E-state index contributed by atoms with van der Waals surface area (Å²) in [4.78, 5) is 16.1. The van der Waals surface area contributed by atoms with Crippen molar-refractivity contribution in [3.8, 4) is 5.82 Å². The first-order chi connectivity index (χ1) is 11.1. The Labute approximate surface area is 134 Å². The first-order valence-electron chi connectivity index (χ1n) is 7.37. The molecule has 0 saturated heterocycles. The third kappa shape index (κ3) is 3.42. The van der Waals surface area contributed by atoms with E-state index in [2.05, 4.69) is 34.3 Å². The summed E-state index contributed by atoms with van der Waals surface area (Å²) in [5.74, 6) is 0.786. The van der Waals surface area contributed by atoms with Gasteiger partial charge in [-0.05, 0) is 35.7 Å². The lowest BCUT2D eigenvalue weighted by Gasteiger charge is -2.08. The van der Waals surface area contributed by atoms with Gasteiger partial charge in [-0.1, -0.05) is 26.0 Å². The van der Waals surface area contributed by atoms with Gasteiger partial charge in [-0.15, -0.1) is 10.2 Å². The fourth-order valence-corrected chi connectivity index (χ4v) is 2.13. The van der Waals surface area contributed by atoms with E-state index in [0.717, 1.165) is 5.69 Å². The van der Waals surface area contributed by atoms with Crippen LogP contribution in [0.1, 0.15) is 35.8 Å². The van der Waals surface area contributed by atoms with E-state index < -0.39 is 0 Å². The average Bonchev–Trinajstić information content (AvgIpc) is 3.10. The molecule has 2 heterocycles. The van der Waals surface area contributed by atoms with E-state index in [1.54, 1.807) is 35.4 Å². The largest absolute Gasteiger partial charge is 0.321 e. The number of hydrogen-bond donors (Lipinski definition) is 1. The van der Waals surface area contributed by atoms with Crippen molar-refractivity contribution >= 4 is 11.6 Å². The molecule has 0 radical (unpaired) electrons. The zero-order valence-electron chi connectivity index (χ0n) is 13.0. The standard InChI is InChI=1S/C17H17N5O/c1-12(2)13-3-5-14(6-4-13)19-17(23)15-7-8-16(21-20-15)22-10-9-18-11-22/h3-12H,1-2H3,(H,19,23). The second-order valence-electron chi connectivity index (χ2n) is 5.48. The number of anilines is 1. The number of benzene rings is 1. The second-order valence-corrected chi connectivity index (χ2v) is 5.48. The average molecular weight is 307 g/mol. The zero-order valence-corrected chi connectivity index (χ0v) is 13.0. The molecular formula is C17H17N5O. The predicted octanol–water partition coefficient (Wildman–Crippen LogP) is 3.04. The highest BCUT2D eigenvalue weighted by Crippen LogP contribution is 2.17. The molecule has 1 aromatic carbocycles. The molecule has 6 nitrogen and oxygen atoms in total. The molecule has 2 aromatic heterocycles. The lowest BCUT2D eigenvalue weighted by Crippen LogP contribution is -2.15. The van der Waals surface area contributed by atoms with Crippen LogP contribution in [-0.2, 0) is 0 Å². The summed E-state index contributed by atoms with van der Waals surface area (Å²) >= 11 is 0. The monoisotopic (exact) mass is 307 g/mol. The summed E-state index contributed by atoms with van der Waals surface area (Å²) in [6.45, 7) is 4.26. The van der Waals surface area contributed by atoms with E-state index in [0.29, 0.717) is 11.7 Å². The highest BCUT2D eigenvalue weighted by atomic mass is 16.1. The fraction of sp³-hybridized carbons (Fsp3) is 0.176. The molecular weight excluding hydrogens is 290 g/mol. The Balaban J connectivity index is 1.70. The number of aromatic nitrogens is 4. The fourth-order valence-electron chi connectivity index (χ4n) is 2.13. The van der Waals surface area contributed by atoms with Gasteiger partial charge in [0.15, 0.2) is 11.5 Å². The van der Waals surface area contributed by atoms with Gasteiger partial charge in [-0.3, -0.25) is 9.36 Å². The molecule has 0 spiro atoms. The molecule has 116 valence electrons. The van der Waals surface area contributed by atoms with Crippen LogP contribution >= 0.6 is 0 Å². The number of nitrogens with one attached hydrogen (secondary N) is 1. The molecule has 0 saturated carbocycles. The van der Waals surface area contributed by atoms with E-state index in [1.165, 1.54) is 5.56 Å². The minimum absolute atomic E-state index is 0.266. The molecule has 1 amide bonds. The predicted molar refractivity (Wildman–Crippen MR) is 87.6 cm³/mol. The Morgan fingerprint density at radius 2 is 1.87 bits per heavy atom. The number of carbonyl (C=O) groups excluding carboxylic acids is 1. The number of amides is 1. The number of nitrogens with zero attached hydrogens (tertiary/aromatic N) is 4. The molecule has 0 atom stereocenters. The number of carbonyl (C=O) groups is 1. The van der Waals surface area contributed by atoms with Gasteiger partial charge in [0.2, 0.25) is 0 Å². The van der Waals surface area contributed by atoms with Crippen molar-refractivity contribution in [1.82, 2.24) is 19.7 Å². The third-order valence-electron chi connectivity index (χ3n) is 3.49. The van der Waals surface area contributed by atoms with Gasteiger partial charge in [0.05, 0.1) is 0 Å². The van der Waals surface area contributed by atoms with Gasteiger partial charge in [-0.2, -0.15) is 0 Å². The molecule has 0 aliphatic carbocycles. The molecule has 3 aromatic rings. The quantitative estimate of drug-likeness (QED) is 0.804. The van der Waals surface area contributed by atoms with Crippen molar-refractivity contribution in [2.45, 2.75) is 19.8 Å². The third-order valence-corrected chi connectivity index (χ3v) is 3.49. The summed E-state index contributed by atoms with van der Waals surface area (Å²) in [5.41, 5.74) is 2.23. The van der Waals surface area contributed by atoms with Crippen LogP contribution in [0.25, 0.3) is 5.82 Å². The highest BCUT2D eigenvalue weighted by Gasteiger charge is 2.09. The smallest absolute Gasteiger partial charge is 0.276 e. The van der Waals surface area contributed by atoms with Crippen molar-refractivity contribution < 1.29 is 4.79 Å². The van der Waals surface area contributed by atoms with E-state index in [9.17, 15) is 4.79 Å². The molecule has 0 fully saturated rings. The van der Waals surface area contributed by atoms with E-state index in [4.69, 9.17) is 0 Å². The Morgan fingerprint density at radius 1 is 1.09 bits per heavy atom. The maximum atomic E-state index is 12.2. The van der Waals surface area contributed by atoms with Crippen molar-refractivity contribution in [1.29, 1.82) is 0 Å². The summed E-state index contributed by atoms with van der Waals surface area (Å²) in [6, 6.07) is 11.2. The minimum atomic E-state index is -0.285. The molecule has 0 aliphatic heterocycles. The summed E-state index contributed by atoms with van der Waals surface area (Å²) < 4.78 is 1.72. The molecule has 3 rings (SSSR count). The van der Waals surface area contributed by atoms with Crippen LogP contribution in [0.5, 0.6) is 0 Å². The normalized spacial score (nSPS) is 10.7. The summed E-state index contributed by atoms with van der Waals surface area (Å²) in [7, 11) is 0. The van der Waals surface area contributed by atoms with Crippen LogP contribution < -0.4 is 5.32 Å². The second kappa shape index (κ2) is 6.39. The lowest BCUT2D eigenvalue weighted by molar-refractivity contribution is 0.102. The van der Waals surface area contributed by atoms with Gasteiger partial charge in [0, 0.05) is 18.1 Å². The lowest BCUT2D eigenvalue weighted by atomic mass is 10.0. The Kier molecular flexibility index (Phi) is 4.14. The van der Waals surface area contributed by atoms with E-state index >= 15 is 0 Å². The molecule has 0 aliphatic rings. The minimum Gasteiger partial charge on any atom is -0.321 e. The Hall–Kier alpha value is -3.02. The van der Waals surface area contributed by atoms with E-state index in [-0.39, 0.29) is 11.6 Å². The Bertz CT molecular complexity index is 777. The highest BCUT2D eigenvalue weighted by molar-refractivity contribution is 6.02. The molecule has 6 heteroatoms. The van der Waals surface area contributed by atoms with Gasteiger partial charge in [-0.25, -0.2) is 4.98 Å². The van der Waals surface area contributed by atoms with Gasteiger partial charge in [0.25, 0.3) is 5.91 Å². The van der Waals surface area contributed by atoms with Crippen LogP contribution in [0, 0.1) is 0 Å². The van der Waals surface area contributed by atoms with Gasteiger partial charge < -0.3 is 5.32 Å². The van der Waals surface area contributed by atoms with Crippen molar-refractivity contribution in [3.05, 3.63) is 66.4 Å². The van der Waals surface area contributed by atoms with Crippen LogP contribution in [-0.4, -0.2) is 25.7 Å². The summed E-state index contributed by atoms with van der Waals surface area (Å²) in [6.07, 6.45) is 5.04. The van der Waals surface area contributed by atoms with Gasteiger partial charge in [0.1, 0.15) is 6.33 Å². The SMILES string of the molecule is CC(C)c1ccc(NC(=O)c2ccc(-n3ccnc3)nn2)cc1. The van der Waals surface area contributed by atoms with Crippen LogP contribution in [0.4, 0.5) is 5.69 Å². The van der Waals surface area contributed by atoms with E-state index in [1.807, 2.05) is 24.3 Å². The summed E-state index contributed by atoms with van der Waals surface area (Å²) in [5, 5.41) is 10.8. The Morgan fingerprint density at radius 3 is 2.43 bits per heavy atom. The first-order valence-corrected chi connectivity index (χ1v) is 7.37. The van der Waals surface area contributed by atoms with Crippen molar-refractivity contribution in [2.75, 3.05) is 5.32 Å². The van der Waals surface area contributed by atoms with Crippen LogP contribution in [0.15, 0.2) is 55.1 Å². The van der Waals surface area contributed by atoms with Crippen molar-refractivity contribution in [2.24, 2.45) is 0 Å². The maximum absolute atomic E-state index is 12.2. The maximum Gasteiger partial charge on any atom is 0.276 e. The topological polar surface area (TPSA) is 72.7 Å². The van der Waals surface area contributed by atoms with Gasteiger partial charge >= 0.3 is 0 Å². The first kappa shape index (κ1) is 14.9. The molecule has 0 bridgehead atoms. The van der Waals surface area contributed by atoms with Crippen LogP contribution in [0.2, 0.25) is 0 Å². The zero-order chi connectivity index (χ0) is 16.2. The number of imidazole rings is 1. The number of rotatable bonds is 4. The molecule has 0 unspecified atom stereocenters. The number of hydrogen-bond acceptors (Lipinski definition) is 4. The van der Waals surface area contributed by atoms with Crippen LogP contribution in [0.3, 0.4) is 0 Å². The molecule has 23 heavy (non-hydrogen) atoms.